The Morgan fingerprint density at radius 2 is 1.83 bits per heavy atom. The summed E-state index contributed by atoms with van der Waals surface area (Å²) in [5, 5.41) is 8.31. The summed E-state index contributed by atoms with van der Waals surface area (Å²) < 4.78 is 42.8. The van der Waals surface area contributed by atoms with Crippen LogP contribution in [0.3, 0.4) is 0 Å². The highest BCUT2D eigenvalue weighted by molar-refractivity contribution is 7.93. The van der Waals surface area contributed by atoms with Crippen LogP contribution >= 0.6 is 11.3 Å². The van der Waals surface area contributed by atoms with Gasteiger partial charge in [0, 0.05) is 49.0 Å². The van der Waals surface area contributed by atoms with Crippen molar-refractivity contribution >= 4 is 49.0 Å². The number of carbonyl (C=O) groups is 1. The van der Waals surface area contributed by atoms with Crippen LogP contribution in [0.1, 0.15) is 13.0 Å². The van der Waals surface area contributed by atoms with Gasteiger partial charge in [-0.1, -0.05) is 11.3 Å². The molecule has 0 saturated carbocycles. The molecule has 1 N–H and O–H groups in total. The Morgan fingerprint density at radius 1 is 1.09 bits per heavy atom. The summed E-state index contributed by atoms with van der Waals surface area (Å²) in [5.41, 5.74) is 3.16. The highest BCUT2D eigenvalue weighted by Crippen LogP contribution is 2.25. The molecule has 1 aliphatic heterocycles. The van der Waals surface area contributed by atoms with Gasteiger partial charge in [-0.25, -0.2) is 12.8 Å². The lowest BCUT2D eigenvalue weighted by atomic mass is 10.2. The SMILES string of the molecule is CC(C(=O)N1CCN(c2ccc(S(=O)(=O)Nc3nncs3)cc2)CC1)n1ccc2cc(F)ccc21. The molecule has 2 aromatic carbocycles. The van der Waals surface area contributed by atoms with Crippen molar-refractivity contribution in [3.05, 3.63) is 66.1 Å². The lowest BCUT2D eigenvalue weighted by Gasteiger charge is -2.37. The highest BCUT2D eigenvalue weighted by atomic mass is 32.2. The summed E-state index contributed by atoms with van der Waals surface area (Å²) in [6, 6.07) is 12.6. The smallest absolute Gasteiger partial charge is 0.263 e. The number of anilines is 2. The van der Waals surface area contributed by atoms with Crippen molar-refractivity contribution in [2.45, 2.75) is 17.9 Å². The van der Waals surface area contributed by atoms with Crippen LogP contribution in [0.5, 0.6) is 0 Å². The van der Waals surface area contributed by atoms with E-state index in [1.54, 1.807) is 30.3 Å². The van der Waals surface area contributed by atoms with E-state index < -0.39 is 16.1 Å². The molecule has 2 aromatic heterocycles. The average molecular weight is 515 g/mol. The van der Waals surface area contributed by atoms with Gasteiger partial charge in [0.1, 0.15) is 17.4 Å². The van der Waals surface area contributed by atoms with E-state index in [4.69, 9.17) is 0 Å². The number of carbonyl (C=O) groups excluding carboxylic acids is 1. The zero-order valence-corrected chi connectivity index (χ0v) is 20.5. The maximum atomic E-state index is 13.5. The van der Waals surface area contributed by atoms with Crippen molar-refractivity contribution in [3.8, 4) is 0 Å². The lowest BCUT2D eigenvalue weighted by molar-refractivity contribution is -0.134. The number of rotatable bonds is 6. The number of hydrogen-bond acceptors (Lipinski definition) is 7. The minimum Gasteiger partial charge on any atom is -0.368 e. The third-order valence-electron chi connectivity index (χ3n) is 6.14. The number of fused-ring (bicyclic) bond motifs is 1. The summed E-state index contributed by atoms with van der Waals surface area (Å²) >= 11 is 1.11. The number of nitrogens with zero attached hydrogens (tertiary/aromatic N) is 5. The Bertz CT molecular complexity index is 1450. The Labute approximate surface area is 205 Å². The van der Waals surface area contributed by atoms with Crippen LogP contribution in [0.2, 0.25) is 0 Å². The van der Waals surface area contributed by atoms with Crippen LogP contribution in [0, 0.1) is 5.82 Å². The van der Waals surface area contributed by atoms with E-state index in [0.717, 1.165) is 27.9 Å². The van der Waals surface area contributed by atoms with E-state index in [9.17, 15) is 17.6 Å². The molecule has 0 radical (unpaired) electrons. The zero-order valence-electron chi connectivity index (χ0n) is 18.8. The molecule has 1 unspecified atom stereocenters. The maximum Gasteiger partial charge on any atom is 0.263 e. The van der Waals surface area contributed by atoms with Gasteiger partial charge in [0.05, 0.1) is 4.90 Å². The molecular formula is C23H23FN6O3S2. The van der Waals surface area contributed by atoms with Gasteiger partial charge in [-0.2, -0.15) is 0 Å². The second kappa shape index (κ2) is 9.27. The number of benzene rings is 2. The molecule has 1 atom stereocenters. The Morgan fingerprint density at radius 3 is 2.51 bits per heavy atom. The molecular weight excluding hydrogens is 491 g/mol. The van der Waals surface area contributed by atoms with E-state index in [-0.39, 0.29) is 21.8 Å². The fraction of sp³-hybridized carbons (Fsp3) is 0.261. The number of nitrogens with one attached hydrogen (secondary N) is 1. The van der Waals surface area contributed by atoms with Crippen LogP contribution in [-0.4, -0.2) is 60.2 Å². The third-order valence-corrected chi connectivity index (χ3v) is 8.23. The second-order valence-electron chi connectivity index (χ2n) is 8.26. The normalized spacial score (nSPS) is 15.4. The predicted molar refractivity (Wildman–Crippen MR) is 133 cm³/mol. The number of piperazine rings is 1. The minimum absolute atomic E-state index is 0.00988. The largest absolute Gasteiger partial charge is 0.368 e. The van der Waals surface area contributed by atoms with Crippen LogP contribution in [0.15, 0.2) is 65.1 Å². The summed E-state index contributed by atoms with van der Waals surface area (Å²) in [6.07, 6.45) is 1.82. The highest BCUT2D eigenvalue weighted by Gasteiger charge is 2.27. The van der Waals surface area contributed by atoms with Gasteiger partial charge >= 0.3 is 0 Å². The molecule has 1 amide bonds. The molecule has 1 fully saturated rings. The Balaban J connectivity index is 1.21. The van der Waals surface area contributed by atoms with Crippen LogP contribution < -0.4 is 9.62 Å². The number of amides is 1. The molecule has 0 aliphatic carbocycles. The second-order valence-corrected chi connectivity index (χ2v) is 10.8. The number of hydrogen-bond donors (Lipinski definition) is 1. The summed E-state index contributed by atoms with van der Waals surface area (Å²) in [4.78, 5) is 17.3. The molecule has 3 heterocycles. The van der Waals surface area contributed by atoms with Gasteiger partial charge in [-0.05, 0) is 55.5 Å². The zero-order chi connectivity index (χ0) is 24.6. The Kier molecular flexibility index (Phi) is 6.15. The molecule has 9 nitrogen and oxygen atoms in total. The monoisotopic (exact) mass is 514 g/mol. The molecule has 0 bridgehead atoms. The van der Waals surface area contributed by atoms with Crippen molar-refractivity contribution in [2.24, 2.45) is 0 Å². The molecule has 12 heteroatoms. The molecule has 182 valence electrons. The molecule has 4 aromatic rings. The summed E-state index contributed by atoms with van der Waals surface area (Å²) in [7, 11) is -3.74. The van der Waals surface area contributed by atoms with Crippen LogP contribution in [0.25, 0.3) is 10.9 Å². The molecule has 1 aliphatic rings. The standard InChI is InChI=1S/C23H23FN6O3S2/c1-16(30-9-8-17-14-18(24)2-7-21(17)30)22(31)29-12-10-28(11-13-29)19-3-5-20(6-4-19)35(32,33)27-23-26-25-15-34-23/h2-9,14-16H,10-13H2,1H3,(H,26,27). The van der Waals surface area contributed by atoms with E-state index >= 15 is 0 Å². The molecule has 5 rings (SSSR count). The molecule has 35 heavy (non-hydrogen) atoms. The summed E-state index contributed by atoms with van der Waals surface area (Å²) in [5.74, 6) is -0.292. The van der Waals surface area contributed by atoms with Crippen molar-refractivity contribution in [1.29, 1.82) is 0 Å². The average Bonchev–Trinajstić information content (AvgIpc) is 3.52. The fourth-order valence-electron chi connectivity index (χ4n) is 4.27. The van der Waals surface area contributed by atoms with Gasteiger partial charge in [-0.3, -0.25) is 9.52 Å². The van der Waals surface area contributed by atoms with Crippen molar-refractivity contribution in [1.82, 2.24) is 19.7 Å². The van der Waals surface area contributed by atoms with Crippen molar-refractivity contribution in [2.75, 3.05) is 35.8 Å². The topological polar surface area (TPSA) is 100 Å². The number of aromatic nitrogens is 3. The van der Waals surface area contributed by atoms with Gasteiger partial charge in [0.2, 0.25) is 11.0 Å². The van der Waals surface area contributed by atoms with Gasteiger partial charge in [-0.15, -0.1) is 10.2 Å². The van der Waals surface area contributed by atoms with Gasteiger partial charge in [0.25, 0.3) is 10.0 Å². The van der Waals surface area contributed by atoms with Crippen LogP contribution in [-0.2, 0) is 14.8 Å². The van der Waals surface area contributed by atoms with E-state index in [1.165, 1.54) is 17.6 Å². The van der Waals surface area contributed by atoms with E-state index in [2.05, 4.69) is 19.8 Å². The fourth-order valence-corrected chi connectivity index (χ4v) is 5.96. The van der Waals surface area contributed by atoms with Gasteiger partial charge < -0.3 is 14.4 Å². The summed E-state index contributed by atoms with van der Waals surface area (Å²) in [6.45, 7) is 4.22. The third kappa shape index (κ3) is 4.71. The Hall–Kier alpha value is -3.51. The number of halogens is 1. The first kappa shape index (κ1) is 23.2. The quantitative estimate of drug-likeness (QED) is 0.424. The molecule has 1 saturated heterocycles. The van der Waals surface area contributed by atoms with Crippen molar-refractivity contribution in [3.63, 3.8) is 0 Å². The first-order valence-corrected chi connectivity index (χ1v) is 13.4. The van der Waals surface area contributed by atoms with E-state index in [0.29, 0.717) is 26.2 Å². The lowest BCUT2D eigenvalue weighted by Crippen LogP contribution is -2.50. The minimum atomic E-state index is -3.74. The number of sulfonamides is 1. The van der Waals surface area contributed by atoms with Crippen molar-refractivity contribution < 1.29 is 17.6 Å². The molecule has 0 spiro atoms. The van der Waals surface area contributed by atoms with Crippen LogP contribution in [0.4, 0.5) is 15.2 Å². The first-order valence-electron chi connectivity index (χ1n) is 11.0. The van der Waals surface area contributed by atoms with Gasteiger partial charge in [0.15, 0.2) is 0 Å². The maximum absolute atomic E-state index is 13.5. The predicted octanol–water partition coefficient (Wildman–Crippen LogP) is 3.34. The van der Waals surface area contributed by atoms with E-state index in [1.807, 2.05) is 28.7 Å². The first-order chi connectivity index (χ1) is 16.8.